The van der Waals surface area contributed by atoms with Crippen LogP contribution in [0.2, 0.25) is 5.02 Å². The first-order chi connectivity index (χ1) is 11.2. The predicted molar refractivity (Wildman–Crippen MR) is 92.7 cm³/mol. The summed E-state index contributed by atoms with van der Waals surface area (Å²) in [7, 11) is 3.25. The number of halogens is 1. The first-order valence-corrected chi connectivity index (χ1v) is 7.47. The van der Waals surface area contributed by atoms with Gasteiger partial charge in [0.15, 0.2) is 11.6 Å². The van der Waals surface area contributed by atoms with E-state index in [0.29, 0.717) is 46.9 Å². The van der Waals surface area contributed by atoms with E-state index in [1.807, 2.05) is 0 Å². The number of anilines is 4. The zero-order valence-corrected chi connectivity index (χ0v) is 13.9. The molecule has 0 aliphatic rings. The van der Waals surface area contributed by atoms with E-state index in [1.165, 1.54) is 6.33 Å². The molecule has 0 radical (unpaired) electrons. The van der Waals surface area contributed by atoms with E-state index >= 15 is 0 Å². The van der Waals surface area contributed by atoms with Gasteiger partial charge in [0.2, 0.25) is 0 Å². The molecule has 124 valence electrons. The maximum Gasteiger partial charge on any atom is 0.159 e. The van der Waals surface area contributed by atoms with Crippen LogP contribution in [0, 0.1) is 0 Å². The Balaban J connectivity index is 2.16. The van der Waals surface area contributed by atoms with Gasteiger partial charge in [-0.05, 0) is 24.6 Å². The zero-order valence-electron chi connectivity index (χ0n) is 13.1. The van der Waals surface area contributed by atoms with Crippen molar-refractivity contribution in [3.63, 3.8) is 0 Å². The first-order valence-electron chi connectivity index (χ1n) is 7.09. The minimum Gasteiger partial charge on any atom is -0.495 e. The van der Waals surface area contributed by atoms with Crippen molar-refractivity contribution in [2.75, 3.05) is 43.7 Å². The Bertz CT molecular complexity index is 654. The van der Waals surface area contributed by atoms with Gasteiger partial charge < -0.3 is 25.8 Å². The van der Waals surface area contributed by atoms with Crippen LogP contribution in [-0.4, -0.2) is 37.3 Å². The van der Waals surface area contributed by atoms with Gasteiger partial charge in [0.1, 0.15) is 17.8 Å². The van der Waals surface area contributed by atoms with Gasteiger partial charge in [0, 0.05) is 25.3 Å². The van der Waals surface area contributed by atoms with Gasteiger partial charge in [-0.1, -0.05) is 11.6 Å². The molecule has 0 unspecified atom stereocenters. The molecule has 7 nitrogen and oxygen atoms in total. The van der Waals surface area contributed by atoms with E-state index in [9.17, 15) is 0 Å². The highest BCUT2D eigenvalue weighted by Crippen LogP contribution is 2.32. The Morgan fingerprint density at radius 1 is 1.22 bits per heavy atom. The van der Waals surface area contributed by atoms with Gasteiger partial charge in [0.25, 0.3) is 0 Å². The van der Waals surface area contributed by atoms with Crippen LogP contribution in [0.1, 0.15) is 6.42 Å². The van der Waals surface area contributed by atoms with Crippen LogP contribution in [0.4, 0.5) is 23.0 Å². The third-order valence-electron chi connectivity index (χ3n) is 3.12. The van der Waals surface area contributed by atoms with Crippen molar-refractivity contribution in [2.45, 2.75) is 6.42 Å². The molecule has 0 fully saturated rings. The molecule has 0 bridgehead atoms. The first kappa shape index (κ1) is 17.1. The molecular weight excluding hydrogens is 318 g/mol. The van der Waals surface area contributed by atoms with Crippen LogP contribution in [0.5, 0.6) is 5.75 Å². The van der Waals surface area contributed by atoms with Crippen LogP contribution in [0.3, 0.4) is 0 Å². The molecule has 0 spiro atoms. The number of nitrogen functional groups attached to an aromatic ring is 1. The van der Waals surface area contributed by atoms with Crippen LogP contribution in [0.15, 0.2) is 24.5 Å². The number of aromatic nitrogens is 2. The van der Waals surface area contributed by atoms with E-state index in [1.54, 1.807) is 32.4 Å². The number of ether oxygens (including phenoxy) is 2. The van der Waals surface area contributed by atoms with Crippen molar-refractivity contribution in [1.29, 1.82) is 0 Å². The predicted octanol–water partition coefficient (Wildman–Crippen LogP) is 2.91. The fourth-order valence-electron chi connectivity index (χ4n) is 1.96. The minimum absolute atomic E-state index is 0.423. The summed E-state index contributed by atoms with van der Waals surface area (Å²) in [6.45, 7) is 1.37. The van der Waals surface area contributed by atoms with Crippen LogP contribution >= 0.6 is 11.6 Å². The summed E-state index contributed by atoms with van der Waals surface area (Å²) >= 11 is 6.03. The molecule has 0 atom stereocenters. The Kier molecular flexibility index (Phi) is 6.25. The fourth-order valence-corrected chi connectivity index (χ4v) is 2.14. The topological polar surface area (TPSA) is 94.3 Å². The van der Waals surface area contributed by atoms with E-state index in [2.05, 4.69) is 20.6 Å². The molecule has 2 rings (SSSR count). The fraction of sp³-hybridized carbons (Fsp3) is 0.333. The van der Waals surface area contributed by atoms with E-state index in [0.717, 1.165) is 6.42 Å². The number of hydrogen-bond acceptors (Lipinski definition) is 7. The molecule has 0 amide bonds. The van der Waals surface area contributed by atoms with Crippen molar-refractivity contribution >= 4 is 34.6 Å². The molecule has 0 saturated heterocycles. The van der Waals surface area contributed by atoms with Gasteiger partial charge in [0.05, 0.1) is 12.8 Å². The lowest BCUT2D eigenvalue weighted by atomic mass is 10.3. The van der Waals surface area contributed by atoms with Crippen molar-refractivity contribution in [3.8, 4) is 5.75 Å². The summed E-state index contributed by atoms with van der Waals surface area (Å²) in [5.74, 6) is 1.69. The Hall–Kier alpha value is -2.25. The number of nitrogens with two attached hydrogens (primary N) is 1. The number of methoxy groups -OCH3 is 2. The Morgan fingerprint density at radius 3 is 2.74 bits per heavy atom. The zero-order chi connectivity index (χ0) is 16.7. The van der Waals surface area contributed by atoms with Crippen LogP contribution in [-0.2, 0) is 4.74 Å². The summed E-state index contributed by atoms with van der Waals surface area (Å²) in [6.07, 6.45) is 2.29. The molecule has 1 heterocycles. The number of hydrogen-bond donors (Lipinski definition) is 3. The van der Waals surface area contributed by atoms with Crippen molar-refractivity contribution in [1.82, 2.24) is 9.97 Å². The molecular formula is C15H20ClN5O2. The summed E-state index contributed by atoms with van der Waals surface area (Å²) in [4.78, 5) is 8.33. The largest absolute Gasteiger partial charge is 0.495 e. The van der Waals surface area contributed by atoms with E-state index in [4.69, 9.17) is 26.8 Å². The number of nitrogens with one attached hydrogen (secondary N) is 2. The SMILES string of the molecule is COCCCNc1ncnc(Nc2cc(Cl)ccc2OC)c1N. The highest BCUT2D eigenvalue weighted by Gasteiger charge is 2.11. The van der Waals surface area contributed by atoms with E-state index < -0.39 is 0 Å². The maximum atomic E-state index is 6.12. The second-order valence-corrected chi connectivity index (χ2v) is 5.16. The van der Waals surface area contributed by atoms with Crippen molar-refractivity contribution in [3.05, 3.63) is 29.5 Å². The Morgan fingerprint density at radius 2 is 2.00 bits per heavy atom. The second kappa shape index (κ2) is 8.40. The lowest BCUT2D eigenvalue weighted by Gasteiger charge is -2.14. The number of benzene rings is 1. The third kappa shape index (κ3) is 4.61. The van der Waals surface area contributed by atoms with Crippen molar-refractivity contribution < 1.29 is 9.47 Å². The van der Waals surface area contributed by atoms with Gasteiger partial charge >= 0.3 is 0 Å². The van der Waals surface area contributed by atoms with Crippen LogP contribution < -0.4 is 21.1 Å². The van der Waals surface area contributed by atoms with Gasteiger partial charge in [-0.2, -0.15) is 0 Å². The number of nitrogens with zero attached hydrogens (tertiary/aromatic N) is 2. The van der Waals surface area contributed by atoms with Gasteiger partial charge in [-0.15, -0.1) is 0 Å². The van der Waals surface area contributed by atoms with E-state index in [-0.39, 0.29) is 0 Å². The molecule has 23 heavy (non-hydrogen) atoms. The highest BCUT2D eigenvalue weighted by atomic mass is 35.5. The second-order valence-electron chi connectivity index (χ2n) is 4.73. The third-order valence-corrected chi connectivity index (χ3v) is 3.35. The average Bonchev–Trinajstić information content (AvgIpc) is 2.55. The summed E-state index contributed by atoms with van der Waals surface area (Å²) < 4.78 is 10.3. The lowest BCUT2D eigenvalue weighted by molar-refractivity contribution is 0.198. The highest BCUT2D eigenvalue weighted by molar-refractivity contribution is 6.31. The summed E-state index contributed by atoms with van der Waals surface area (Å²) in [6, 6.07) is 5.26. The maximum absolute atomic E-state index is 6.12. The molecule has 1 aromatic carbocycles. The van der Waals surface area contributed by atoms with Crippen LogP contribution in [0.25, 0.3) is 0 Å². The molecule has 4 N–H and O–H groups in total. The standard InChI is InChI=1S/C15H20ClN5O2/c1-22-7-3-6-18-14-13(17)15(20-9-19-14)21-11-8-10(16)4-5-12(11)23-2/h4-5,8-9H,3,6-7,17H2,1-2H3,(H2,18,19,20,21). The minimum atomic E-state index is 0.423. The summed E-state index contributed by atoms with van der Waals surface area (Å²) in [5.41, 5.74) is 7.22. The smallest absolute Gasteiger partial charge is 0.159 e. The monoisotopic (exact) mass is 337 g/mol. The molecule has 0 aliphatic heterocycles. The molecule has 0 saturated carbocycles. The van der Waals surface area contributed by atoms with Crippen molar-refractivity contribution in [2.24, 2.45) is 0 Å². The number of rotatable bonds is 8. The molecule has 0 aliphatic carbocycles. The molecule has 1 aromatic heterocycles. The normalized spacial score (nSPS) is 10.4. The molecule has 2 aromatic rings. The van der Waals surface area contributed by atoms with Gasteiger partial charge in [-0.25, -0.2) is 9.97 Å². The average molecular weight is 338 g/mol. The molecule has 8 heteroatoms. The quantitative estimate of drug-likeness (QED) is 0.637. The lowest BCUT2D eigenvalue weighted by Crippen LogP contribution is -2.10. The Labute approximate surface area is 140 Å². The van der Waals surface area contributed by atoms with Gasteiger partial charge in [-0.3, -0.25) is 0 Å². The summed E-state index contributed by atoms with van der Waals surface area (Å²) in [5, 5.41) is 6.87.